The van der Waals surface area contributed by atoms with Crippen LogP contribution >= 0.6 is 0 Å². The van der Waals surface area contributed by atoms with Crippen LogP contribution < -0.4 is 5.32 Å². The highest BCUT2D eigenvalue weighted by molar-refractivity contribution is 7.89. The predicted molar refractivity (Wildman–Crippen MR) is 102 cm³/mol. The molecule has 2 aromatic heterocycles. The number of hydrogen-bond donors (Lipinski definition) is 1. The van der Waals surface area contributed by atoms with Crippen LogP contribution in [0.2, 0.25) is 0 Å². The van der Waals surface area contributed by atoms with E-state index in [0.29, 0.717) is 11.8 Å². The third-order valence-electron chi connectivity index (χ3n) is 3.70. The summed E-state index contributed by atoms with van der Waals surface area (Å²) in [6.07, 6.45) is 1.23. The predicted octanol–water partition coefficient (Wildman–Crippen LogP) is 2.88. The summed E-state index contributed by atoms with van der Waals surface area (Å²) in [7, 11) is -3.04. The molecule has 3 aromatic rings. The van der Waals surface area contributed by atoms with Crippen LogP contribution in [0.3, 0.4) is 0 Å². The van der Waals surface area contributed by atoms with Crippen molar-refractivity contribution in [1.29, 1.82) is 0 Å². The number of benzene rings is 1. The standard InChI is InChI=1S/C18H21N5O2S/c1-12-10-17(21-18(19-12)23-14(3)9-13(2)22-23)20-16-7-5-15(6-8-16)11-26(4,24)25/h5-10H,11H2,1-4H3,(H,19,20,21). The van der Waals surface area contributed by atoms with E-state index in [0.717, 1.165) is 28.3 Å². The van der Waals surface area contributed by atoms with Crippen molar-refractivity contribution < 1.29 is 8.42 Å². The Hall–Kier alpha value is -2.74. The summed E-state index contributed by atoms with van der Waals surface area (Å²) in [5, 5.41) is 7.65. The van der Waals surface area contributed by atoms with Crippen molar-refractivity contribution in [3.63, 3.8) is 0 Å². The monoisotopic (exact) mass is 371 g/mol. The molecule has 0 amide bonds. The molecule has 26 heavy (non-hydrogen) atoms. The molecule has 0 aliphatic heterocycles. The van der Waals surface area contributed by atoms with E-state index in [2.05, 4.69) is 20.4 Å². The zero-order valence-corrected chi connectivity index (χ0v) is 16.0. The number of rotatable bonds is 5. The molecular weight excluding hydrogens is 350 g/mol. The highest BCUT2D eigenvalue weighted by Gasteiger charge is 2.10. The highest BCUT2D eigenvalue weighted by Crippen LogP contribution is 2.18. The summed E-state index contributed by atoms with van der Waals surface area (Å²) in [6, 6.07) is 11.1. The number of nitrogens with one attached hydrogen (secondary N) is 1. The Morgan fingerprint density at radius 1 is 1.00 bits per heavy atom. The van der Waals surface area contributed by atoms with E-state index in [1.54, 1.807) is 16.8 Å². The van der Waals surface area contributed by atoms with Gasteiger partial charge in [-0.05, 0) is 44.5 Å². The first-order valence-electron chi connectivity index (χ1n) is 8.13. The van der Waals surface area contributed by atoms with Gasteiger partial charge in [-0.3, -0.25) is 0 Å². The maximum Gasteiger partial charge on any atom is 0.252 e. The van der Waals surface area contributed by atoms with Crippen LogP contribution in [0, 0.1) is 20.8 Å². The molecule has 0 spiro atoms. The molecular formula is C18H21N5O2S. The minimum absolute atomic E-state index is 0.0297. The Morgan fingerprint density at radius 3 is 2.27 bits per heavy atom. The van der Waals surface area contributed by atoms with Gasteiger partial charge in [0, 0.05) is 29.4 Å². The van der Waals surface area contributed by atoms with E-state index in [1.807, 2.05) is 45.0 Å². The molecule has 0 bridgehead atoms. The number of nitrogens with zero attached hydrogens (tertiary/aromatic N) is 4. The van der Waals surface area contributed by atoms with Crippen LogP contribution in [0.15, 0.2) is 36.4 Å². The van der Waals surface area contributed by atoms with Crippen LogP contribution in [-0.4, -0.2) is 34.4 Å². The number of aromatic nitrogens is 4. The Labute approximate surface area is 153 Å². The second-order valence-corrected chi connectivity index (χ2v) is 8.57. The van der Waals surface area contributed by atoms with Crippen molar-refractivity contribution in [3.05, 3.63) is 59.0 Å². The van der Waals surface area contributed by atoms with Crippen LogP contribution in [-0.2, 0) is 15.6 Å². The van der Waals surface area contributed by atoms with Gasteiger partial charge in [-0.2, -0.15) is 10.1 Å². The van der Waals surface area contributed by atoms with Crippen molar-refractivity contribution in [1.82, 2.24) is 19.7 Å². The summed E-state index contributed by atoms with van der Waals surface area (Å²) in [6.45, 7) is 5.78. The molecule has 0 fully saturated rings. The molecule has 0 aliphatic carbocycles. The molecule has 1 N–H and O–H groups in total. The molecule has 0 saturated carbocycles. The van der Waals surface area contributed by atoms with Crippen molar-refractivity contribution in [2.45, 2.75) is 26.5 Å². The molecule has 3 rings (SSSR count). The van der Waals surface area contributed by atoms with Crippen LogP contribution in [0.1, 0.15) is 22.6 Å². The zero-order valence-electron chi connectivity index (χ0n) is 15.2. The lowest BCUT2D eigenvalue weighted by Gasteiger charge is -2.10. The van der Waals surface area contributed by atoms with E-state index >= 15 is 0 Å². The first kappa shape index (κ1) is 18.1. The second kappa shape index (κ2) is 6.87. The number of aryl methyl sites for hydroxylation is 3. The molecule has 136 valence electrons. The number of sulfone groups is 1. The minimum atomic E-state index is -3.04. The number of hydrogen-bond acceptors (Lipinski definition) is 6. The van der Waals surface area contributed by atoms with Crippen LogP contribution in [0.4, 0.5) is 11.5 Å². The van der Waals surface area contributed by atoms with Crippen molar-refractivity contribution in [3.8, 4) is 5.95 Å². The van der Waals surface area contributed by atoms with Gasteiger partial charge < -0.3 is 5.32 Å². The maximum absolute atomic E-state index is 11.4. The molecule has 0 radical (unpaired) electrons. The van der Waals surface area contributed by atoms with E-state index < -0.39 is 9.84 Å². The highest BCUT2D eigenvalue weighted by atomic mass is 32.2. The third-order valence-corrected chi connectivity index (χ3v) is 4.55. The Kier molecular flexibility index (Phi) is 4.78. The van der Waals surface area contributed by atoms with Gasteiger partial charge in [-0.1, -0.05) is 12.1 Å². The summed E-state index contributed by atoms with van der Waals surface area (Å²) in [5.41, 5.74) is 4.26. The van der Waals surface area contributed by atoms with Crippen molar-refractivity contribution in [2.75, 3.05) is 11.6 Å². The molecule has 8 heteroatoms. The van der Waals surface area contributed by atoms with Gasteiger partial charge >= 0.3 is 0 Å². The van der Waals surface area contributed by atoms with Gasteiger partial charge in [0.05, 0.1) is 11.4 Å². The molecule has 0 unspecified atom stereocenters. The average Bonchev–Trinajstić information content (AvgIpc) is 2.86. The Morgan fingerprint density at radius 2 is 1.69 bits per heavy atom. The van der Waals surface area contributed by atoms with Gasteiger partial charge in [0.2, 0.25) is 0 Å². The van der Waals surface area contributed by atoms with Gasteiger partial charge in [0.25, 0.3) is 5.95 Å². The van der Waals surface area contributed by atoms with E-state index in [-0.39, 0.29) is 5.75 Å². The van der Waals surface area contributed by atoms with Gasteiger partial charge in [-0.25, -0.2) is 18.1 Å². The number of anilines is 2. The fourth-order valence-corrected chi connectivity index (χ4v) is 3.48. The first-order chi connectivity index (χ1) is 12.2. The zero-order chi connectivity index (χ0) is 18.9. The lowest BCUT2D eigenvalue weighted by atomic mass is 10.2. The van der Waals surface area contributed by atoms with Gasteiger partial charge in [0.15, 0.2) is 9.84 Å². The Balaban J connectivity index is 1.85. The Bertz CT molecular complexity index is 1040. The second-order valence-electron chi connectivity index (χ2n) is 6.43. The topological polar surface area (TPSA) is 89.8 Å². The first-order valence-corrected chi connectivity index (χ1v) is 10.2. The van der Waals surface area contributed by atoms with Crippen LogP contribution in [0.25, 0.3) is 5.95 Å². The largest absolute Gasteiger partial charge is 0.340 e. The lowest BCUT2D eigenvalue weighted by molar-refractivity contribution is 0.601. The van der Waals surface area contributed by atoms with E-state index in [1.165, 1.54) is 6.26 Å². The quantitative estimate of drug-likeness (QED) is 0.742. The smallest absolute Gasteiger partial charge is 0.252 e. The fraction of sp³-hybridized carbons (Fsp3) is 0.278. The lowest BCUT2D eigenvalue weighted by Crippen LogP contribution is -2.08. The molecule has 1 aromatic carbocycles. The summed E-state index contributed by atoms with van der Waals surface area (Å²) >= 11 is 0. The van der Waals surface area contributed by atoms with Crippen molar-refractivity contribution in [2.24, 2.45) is 0 Å². The molecule has 0 saturated heterocycles. The van der Waals surface area contributed by atoms with E-state index in [9.17, 15) is 8.42 Å². The van der Waals surface area contributed by atoms with E-state index in [4.69, 9.17) is 0 Å². The maximum atomic E-state index is 11.4. The SMILES string of the molecule is Cc1cc(Nc2ccc(CS(C)(=O)=O)cc2)nc(-n2nc(C)cc2C)n1. The van der Waals surface area contributed by atoms with Gasteiger partial charge in [0.1, 0.15) is 5.82 Å². The average molecular weight is 371 g/mol. The van der Waals surface area contributed by atoms with Crippen LogP contribution in [0.5, 0.6) is 0 Å². The summed E-state index contributed by atoms with van der Waals surface area (Å²) < 4.78 is 24.5. The van der Waals surface area contributed by atoms with Crippen molar-refractivity contribution >= 4 is 21.3 Å². The molecule has 0 atom stereocenters. The summed E-state index contributed by atoms with van der Waals surface area (Å²) in [5.74, 6) is 1.19. The summed E-state index contributed by atoms with van der Waals surface area (Å²) in [4.78, 5) is 8.99. The molecule has 0 aliphatic rings. The molecule has 2 heterocycles. The van der Waals surface area contributed by atoms with Gasteiger partial charge in [-0.15, -0.1) is 0 Å². The fourth-order valence-electron chi connectivity index (χ4n) is 2.68. The third kappa shape index (κ3) is 4.45. The normalized spacial score (nSPS) is 11.5. The minimum Gasteiger partial charge on any atom is -0.340 e. The molecule has 7 nitrogen and oxygen atoms in total.